The standard InChI is InChI=1S/C17H32N6O/c1-3-18-16(19-10-4-5-11-23-14-21-22-15-23)20-13-17(7-6-8-17)9-12-24-2/h14-15H,3-13H2,1-2H3,(H2,18,19,20). The average molecular weight is 336 g/mol. The molecule has 0 aromatic carbocycles. The summed E-state index contributed by atoms with van der Waals surface area (Å²) in [6.45, 7) is 6.61. The number of methoxy groups -OCH3 is 1. The minimum Gasteiger partial charge on any atom is -0.385 e. The van der Waals surface area contributed by atoms with E-state index >= 15 is 0 Å². The Labute approximate surface area is 145 Å². The first-order valence-corrected chi connectivity index (χ1v) is 9.11. The predicted molar refractivity (Wildman–Crippen MR) is 96.0 cm³/mol. The molecule has 1 aliphatic rings. The van der Waals surface area contributed by atoms with Crippen molar-refractivity contribution in [3.8, 4) is 0 Å². The third kappa shape index (κ3) is 6.11. The Balaban J connectivity index is 1.69. The van der Waals surface area contributed by atoms with Gasteiger partial charge < -0.3 is 19.9 Å². The summed E-state index contributed by atoms with van der Waals surface area (Å²) in [6.07, 6.45) is 10.7. The predicted octanol–water partition coefficient (Wildman–Crippen LogP) is 1.82. The van der Waals surface area contributed by atoms with Crippen LogP contribution in [0, 0.1) is 5.41 Å². The number of hydrogen-bond donors (Lipinski definition) is 2. The maximum atomic E-state index is 5.26. The summed E-state index contributed by atoms with van der Waals surface area (Å²) in [5.74, 6) is 0.936. The van der Waals surface area contributed by atoms with E-state index in [1.807, 2.05) is 4.57 Å². The number of rotatable bonds is 11. The molecule has 7 heteroatoms. The summed E-state index contributed by atoms with van der Waals surface area (Å²) in [4.78, 5) is 4.82. The molecule has 0 unspecified atom stereocenters. The van der Waals surface area contributed by atoms with E-state index in [1.54, 1.807) is 19.8 Å². The Morgan fingerprint density at radius 3 is 2.67 bits per heavy atom. The molecule has 7 nitrogen and oxygen atoms in total. The summed E-state index contributed by atoms with van der Waals surface area (Å²) in [5.41, 5.74) is 0.368. The number of aryl methyl sites for hydroxylation is 1. The van der Waals surface area contributed by atoms with Gasteiger partial charge in [0.05, 0.1) is 0 Å². The molecule has 1 aromatic rings. The Hall–Kier alpha value is -1.63. The number of nitrogens with one attached hydrogen (secondary N) is 2. The summed E-state index contributed by atoms with van der Waals surface area (Å²) in [7, 11) is 1.78. The van der Waals surface area contributed by atoms with Gasteiger partial charge in [0.25, 0.3) is 0 Å². The Kier molecular flexibility index (Phi) is 8.01. The van der Waals surface area contributed by atoms with Crippen LogP contribution in [0.4, 0.5) is 0 Å². The van der Waals surface area contributed by atoms with E-state index in [2.05, 4.69) is 27.8 Å². The van der Waals surface area contributed by atoms with Crippen molar-refractivity contribution >= 4 is 5.96 Å². The quantitative estimate of drug-likeness (QED) is 0.366. The van der Waals surface area contributed by atoms with Gasteiger partial charge in [-0.25, -0.2) is 0 Å². The molecule has 2 N–H and O–H groups in total. The molecule has 1 aromatic heterocycles. The van der Waals surface area contributed by atoms with Gasteiger partial charge in [0.1, 0.15) is 12.7 Å². The summed E-state index contributed by atoms with van der Waals surface area (Å²) in [5, 5.41) is 14.4. The highest BCUT2D eigenvalue weighted by Crippen LogP contribution is 2.44. The Bertz CT molecular complexity index is 469. The molecule has 24 heavy (non-hydrogen) atoms. The number of unbranched alkanes of at least 4 members (excludes halogenated alkanes) is 1. The molecule has 0 saturated heterocycles. The van der Waals surface area contributed by atoms with Crippen LogP contribution < -0.4 is 10.6 Å². The van der Waals surface area contributed by atoms with Crippen molar-refractivity contribution in [2.75, 3.05) is 33.4 Å². The molecule has 0 radical (unpaired) electrons. The lowest BCUT2D eigenvalue weighted by atomic mass is 9.67. The average Bonchev–Trinajstić information content (AvgIpc) is 3.06. The van der Waals surface area contributed by atoms with Crippen molar-refractivity contribution in [3.63, 3.8) is 0 Å². The molecule has 1 aliphatic carbocycles. The summed E-state index contributed by atoms with van der Waals surface area (Å²) >= 11 is 0. The molecule has 1 saturated carbocycles. The van der Waals surface area contributed by atoms with Crippen molar-refractivity contribution in [1.82, 2.24) is 25.4 Å². The maximum absolute atomic E-state index is 5.26. The molecule has 136 valence electrons. The van der Waals surface area contributed by atoms with Crippen LogP contribution in [0.25, 0.3) is 0 Å². The van der Waals surface area contributed by atoms with Crippen LogP contribution in [0.5, 0.6) is 0 Å². The molecule has 2 rings (SSSR count). The fraction of sp³-hybridized carbons (Fsp3) is 0.824. The van der Waals surface area contributed by atoms with Gasteiger partial charge >= 0.3 is 0 Å². The van der Waals surface area contributed by atoms with E-state index in [-0.39, 0.29) is 0 Å². The number of aliphatic imine (C=N–C) groups is 1. The molecular weight excluding hydrogens is 304 g/mol. The van der Waals surface area contributed by atoms with Gasteiger partial charge in [-0.1, -0.05) is 6.42 Å². The second kappa shape index (κ2) is 10.3. The number of aromatic nitrogens is 3. The highest BCUT2D eigenvalue weighted by molar-refractivity contribution is 5.79. The molecule has 0 bridgehead atoms. The van der Waals surface area contributed by atoms with Crippen molar-refractivity contribution in [2.24, 2.45) is 10.4 Å². The maximum Gasteiger partial charge on any atom is 0.191 e. The van der Waals surface area contributed by atoms with Crippen LogP contribution >= 0.6 is 0 Å². The van der Waals surface area contributed by atoms with Gasteiger partial charge in [-0.15, -0.1) is 10.2 Å². The monoisotopic (exact) mass is 336 g/mol. The lowest BCUT2D eigenvalue weighted by Crippen LogP contribution is -2.40. The lowest BCUT2D eigenvalue weighted by molar-refractivity contribution is 0.0778. The zero-order chi connectivity index (χ0) is 17.1. The molecule has 0 atom stereocenters. The molecule has 1 heterocycles. The van der Waals surface area contributed by atoms with Gasteiger partial charge in [0.15, 0.2) is 5.96 Å². The number of hydrogen-bond acceptors (Lipinski definition) is 4. The zero-order valence-corrected chi connectivity index (χ0v) is 15.1. The largest absolute Gasteiger partial charge is 0.385 e. The third-order valence-corrected chi connectivity index (χ3v) is 4.77. The van der Waals surface area contributed by atoms with Gasteiger partial charge in [-0.3, -0.25) is 4.99 Å². The molecule has 0 spiro atoms. The number of nitrogens with zero attached hydrogens (tertiary/aromatic N) is 4. The van der Waals surface area contributed by atoms with Gasteiger partial charge in [0, 0.05) is 39.9 Å². The van der Waals surface area contributed by atoms with Crippen molar-refractivity contribution in [3.05, 3.63) is 12.7 Å². The fourth-order valence-electron chi connectivity index (χ4n) is 3.03. The minimum atomic E-state index is 0.368. The fourth-order valence-corrected chi connectivity index (χ4v) is 3.03. The highest BCUT2D eigenvalue weighted by atomic mass is 16.5. The third-order valence-electron chi connectivity index (χ3n) is 4.77. The van der Waals surface area contributed by atoms with Crippen LogP contribution in [0.3, 0.4) is 0 Å². The van der Waals surface area contributed by atoms with E-state index in [0.717, 1.165) is 58.0 Å². The van der Waals surface area contributed by atoms with Crippen molar-refractivity contribution < 1.29 is 4.74 Å². The van der Waals surface area contributed by atoms with Crippen LogP contribution in [0.2, 0.25) is 0 Å². The second-order valence-corrected chi connectivity index (χ2v) is 6.63. The van der Waals surface area contributed by atoms with Crippen LogP contribution in [-0.4, -0.2) is 54.1 Å². The number of ether oxygens (including phenoxy) is 1. The zero-order valence-electron chi connectivity index (χ0n) is 15.1. The van der Waals surface area contributed by atoms with E-state index in [1.165, 1.54) is 19.3 Å². The second-order valence-electron chi connectivity index (χ2n) is 6.63. The highest BCUT2D eigenvalue weighted by Gasteiger charge is 2.36. The minimum absolute atomic E-state index is 0.368. The summed E-state index contributed by atoms with van der Waals surface area (Å²) in [6, 6.07) is 0. The molecular formula is C17H32N6O. The first-order chi connectivity index (χ1) is 11.8. The van der Waals surface area contributed by atoms with Crippen molar-refractivity contribution in [1.29, 1.82) is 0 Å². The topological polar surface area (TPSA) is 76.4 Å². The van der Waals surface area contributed by atoms with Gasteiger partial charge in [-0.05, 0) is 44.4 Å². The van der Waals surface area contributed by atoms with E-state index in [4.69, 9.17) is 9.73 Å². The first-order valence-electron chi connectivity index (χ1n) is 9.11. The molecule has 0 aliphatic heterocycles. The van der Waals surface area contributed by atoms with Gasteiger partial charge in [0.2, 0.25) is 0 Å². The van der Waals surface area contributed by atoms with Crippen LogP contribution in [-0.2, 0) is 11.3 Å². The molecule has 1 fully saturated rings. The Morgan fingerprint density at radius 1 is 1.25 bits per heavy atom. The smallest absolute Gasteiger partial charge is 0.191 e. The van der Waals surface area contributed by atoms with E-state index < -0.39 is 0 Å². The van der Waals surface area contributed by atoms with E-state index in [0.29, 0.717) is 5.41 Å². The van der Waals surface area contributed by atoms with Crippen LogP contribution in [0.1, 0.15) is 45.4 Å². The van der Waals surface area contributed by atoms with Crippen LogP contribution in [0.15, 0.2) is 17.6 Å². The molecule has 0 amide bonds. The first kappa shape index (κ1) is 18.7. The Morgan fingerprint density at radius 2 is 2.04 bits per heavy atom. The normalized spacial score (nSPS) is 16.7. The number of guanidine groups is 1. The van der Waals surface area contributed by atoms with Gasteiger partial charge in [-0.2, -0.15) is 0 Å². The lowest BCUT2D eigenvalue weighted by Gasteiger charge is -2.40. The van der Waals surface area contributed by atoms with E-state index in [9.17, 15) is 0 Å². The summed E-state index contributed by atoms with van der Waals surface area (Å²) < 4.78 is 7.27. The SMILES string of the molecule is CCNC(=NCC1(CCOC)CCC1)NCCCCn1cnnc1. The van der Waals surface area contributed by atoms with Crippen molar-refractivity contribution in [2.45, 2.75) is 52.0 Å².